The van der Waals surface area contributed by atoms with Crippen molar-refractivity contribution in [3.8, 4) is 0 Å². The van der Waals surface area contributed by atoms with Gasteiger partial charge in [0, 0.05) is 6.42 Å². The first-order valence-electron chi connectivity index (χ1n) is 2.52. The number of rotatable bonds is 1. The van der Waals surface area contributed by atoms with Gasteiger partial charge in [-0.2, -0.15) is 0 Å². The maximum absolute atomic E-state index is 9.81. The van der Waals surface area contributed by atoms with Crippen molar-refractivity contribution in [3.63, 3.8) is 0 Å². The molecule has 0 rings (SSSR count). The van der Waals surface area contributed by atoms with Crippen LogP contribution in [-0.4, -0.2) is 9.03 Å². The van der Waals surface area contributed by atoms with Gasteiger partial charge in [0.2, 0.25) is 0 Å². The van der Waals surface area contributed by atoms with E-state index in [1.165, 1.54) is 0 Å². The lowest BCUT2D eigenvalue weighted by Crippen LogP contribution is -1.81. The molecular formula is C5H8Cl4O. The van der Waals surface area contributed by atoms with Gasteiger partial charge in [-0.05, 0) is 6.92 Å². The van der Waals surface area contributed by atoms with E-state index in [-0.39, 0.29) is 5.78 Å². The molecule has 0 amide bonds. The van der Waals surface area contributed by atoms with Crippen LogP contribution in [0.25, 0.3) is 0 Å². The third-order valence-electron chi connectivity index (χ3n) is 0.498. The Morgan fingerprint density at radius 3 is 1.40 bits per heavy atom. The minimum absolute atomic E-state index is 0.255. The lowest BCUT2D eigenvalue weighted by Gasteiger charge is -1.91. The molecule has 0 unspecified atom stereocenters. The third-order valence-corrected chi connectivity index (χ3v) is 0.498. The molecular weight excluding hydrogens is 218 g/mol. The van der Waals surface area contributed by atoms with Gasteiger partial charge in [-0.3, -0.25) is 0 Å². The van der Waals surface area contributed by atoms with Crippen molar-refractivity contribution in [1.29, 1.82) is 0 Å². The number of hydrogen-bond acceptors (Lipinski definition) is 1. The molecule has 0 saturated heterocycles. The zero-order valence-corrected chi connectivity index (χ0v) is 8.65. The summed E-state index contributed by atoms with van der Waals surface area (Å²) in [4.78, 5) is 9.81. The second-order valence-electron chi connectivity index (χ2n) is 1.48. The number of carbonyl (C=O) groups excluding carboxylic acids is 1. The van der Waals surface area contributed by atoms with Crippen molar-refractivity contribution in [2.75, 3.05) is 0 Å². The molecule has 0 heterocycles. The molecule has 0 radical (unpaired) electrons. The van der Waals surface area contributed by atoms with Crippen LogP contribution in [0.1, 0.15) is 20.3 Å². The van der Waals surface area contributed by atoms with Crippen LogP contribution in [0.15, 0.2) is 0 Å². The number of halogens is 4. The highest BCUT2D eigenvalue weighted by Gasteiger charge is 2.11. The number of carbonyl (C=O) groups is 1. The average molecular weight is 226 g/mol. The highest BCUT2D eigenvalue weighted by Crippen LogP contribution is 2.29. The zero-order chi connectivity index (χ0) is 8.78. The molecule has 0 aliphatic carbocycles. The van der Waals surface area contributed by atoms with Crippen LogP contribution in [0.4, 0.5) is 0 Å². The van der Waals surface area contributed by atoms with Crippen molar-refractivity contribution < 1.29 is 4.79 Å². The van der Waals surface area contributed by atoms with Crippen LogP contribution >= 0.6 is 46.4 Å². The van der Waals surface area contributed by atoms with E-state index in [0.717, 1.165) is 0 Å². The fraction of sp³-hybridized carbons (Fsp3) is 0.800. The Morgan fingerprint density at radius 2 is 1.40 bits per heavy atom. The summed E-state index contributed by atoms with van der Waals surface area (Å²) in [7, 11) is 0. The average Bonchev–Trinajstić information content (AvgIpc) is 1.61. The van der Waals surface area contributed by atoms with Gasteiger partial charge in [-0.25, -0.2) is 0 Å². The molecule has 0 aliphatic heterocycles. The molecule has 0 spiro atoms. The first-order valence-corrected chi connectivity index (χ1v) is 4.03. The molecule has 0 aliphatic rings. The minimum Gasteiger partial charge on any atom is -0.300 e. The van der Waals surface area contributed by atoms with Gasteiger partial charge in [0.25, 0.3) is 3.25 Å². The SMILES string of the molecule is CCC(C)=O.ClC(Cl)(Cl)Cl. The third kappa shape index (κ3) is 67.6. The fourth-order valence-electron chi connectivity index (χ4n) is 0. The molecule has 0 atom stereocenters. The second-order valence-corrected chi connectivity index (χ2v) is 4.91. The van der Waals surface area contributed by atoms with E-state index in [9.17, 15) is 4.79 Å². The van der Waals surface area contributed by atoms with E-state index in [1.807, 2.05) is 6.92 Å². The number of ketones is 1. The Kier molecular flexibility index (Phi) is 8.77. The Bertz CT molecular complexity index is 90.3. The number of hydrogen-bond donors (Lipinski definition) is 0. The topological polar surface area (TPSA) is 17.1 Å². The largest absolute Gasteiger partial charge is 0.300 e. The van der Waals surface area contributed by atoms with Crippen molar-refractivity contribution in [2.24, 2.45) is 0 Å². The summed E-state index contributed by atoms with van der Waals surface area (Å²) in [6, 6.07) is 0. The summed E-state index contributed by atoms with van der Waals surface area (Å²) in [6.07, 6.45) is 0.667. The van der Waals surface area contributed by atoms with Crippen molar-refractivity contribution in [3.05, 3.63) is 0 Å². The lowest BCUT2D eigenvalue weighted by molar-refractivity contribution is -0.116. The number of Topliss-reactive ketones (excluding diaryl/α,β-unsaturated/α-hetero) is 1. The van der Waals surface area contributed by atoms with Gasteiger partial charge in [-0.1, -0.05) is 53.3 Å². The monoisotopic (exact) mass is 224 g/mol. The van der Waals surface area contributed by atoms with Crippen LogP contribution < -0.4 is 0 Å². The van der Waals surface area contributed by atoms with Gasteiger partial charge in [0.15, 0.2) is 0 Å². The van der Waals surface area contributed by atoms with E-state index in [4.69, 9.17) is 46.4 Å². The van der Waals surface area contributed by atoms with Gasteiger partial charge in [0.1, 0.15) is 5.78 Å². The molecule has 0 aromatic carbocycles. The normalized spacial score (nSPS) is 9.80. The molecule has 5 heteroatoms. The van der Waals surface area contributed by atoms with Crippen LogP contribution in [0.2, 0.25) is 0 Å². The highest BCUT2D eigenvalue weighted by molar-refractivity contribution is 6.83. The summed E-state index contributed by atoms with van der Waals surface area (Å²) in [6.45, 7) is 3.43. The molecule has 1 nitrogen and oxygen atoms in total. The van der Waals surface area contributed by atoms with Crippen LogP contribution in [0, 0.1) is 0 Å². The van der Waals surface area contributed by atoms with Crippen molar-refractivity contribution in [1.82, 2.24) is 0 Å². The van der Waals surface area contributed by atoms with Gasteiger partial charge >= 0.3 is 0 Å². The van der Waals surface area contributed by atoms with E-state index >= 15 is 0 Å². The summed E-state index contributed by atoms with van der Waals surface area (Å²) >= 11 is 19.3. The summed E-state index contributed by atoms with van der Waals surface area (Å²) < 4.78 is -1.61. The molecule has 0 N–H and O–H groups in total. The summed E-state index contributed by atoms with van der Waals surface area (Å²) in [5, 5.41) is 0. The van der Waals surface area contributed by atoms with Crippen molar-refractivity contribution >= 4 is 52.2 Å². The van der Waals surface area contributed by atoms with Gasteiger partial charge < -0.3 is 4.79 Å². The molecule has 10 heavy (non-hydrogen) atoms. The second kappa shape index (κ2) is 6.53. The smallest absolute Gasteiger partial charge is 0.266 e. The van der Waals surface area contributed by atoms with E-state index in [2.05, 4.69) is 0 Å². The highest BCUT2D eigenvalue weighted by atomic mass is 35.6. The molecule has 0 bridgehead atoms. The molecule has 0 saturated carbocycles. The number of alkyl halides is 4. The minimum atomic E-state index is -1.61. The quantitative estimate of drug-likeness (QED) is 0.624. The molecule has 62 valence electrons. The zero-order valence-electron chi connectivity index (χ0n) is 5.63. The van der Waals surface area contributed by atoms with E-state index < -0.39 is 3.25 Å². The molecule has 0 fully saturated rings. The van der Waals surface area contributed by atoms with Crippen LogP contribution in [-0.2, 0) is 4.79 Å². The molecule has 0 aromatic heterocycles. The summed E-state index contributed by atoms with van der Waals surface area (Å²) in [5.41, 5.74) is 0. The Labute approximate surface area is 80.6 Å². The Hall–Kier alpha value is 0.830. The van der Waals surface area contributed by atoms with Gasteiger partial charge in [-0.15, -0.1) is 0 Å². The standard InChI is InChI=1S/C4H8O.CCl4/c1-3-4(2)5;2-1(3,4)5/h3H2,1-2H3;. The van der Waals surface area contributed by atoms with Crippen LogP contribution in [0.5, 0.6) is 0 Å². The fourth-order valence-corrected chi connectivity index (χ4v) is 0. The lowest BCUT2D eigenvalue weighted by atomic mass is 10.4. The van der Waals surface area contributed by atoms with Gasteiger partial charge in [0.05, 0.1) is 0 Å². The van der Waals surface area contributed by atoms with Crippen molar-refractivity contribution in [2.45, 2.75) is 23.5 Å². The van der Waals surface area contributed by atoms with Crippen LogP contribution in [0.3, 0.4) is 0 Å². The van der Waals surface area contributed by atoms with E-state index in [0.29, 0.717) is 6.42 Å². The predicted molar refractivity (Wildman–Crippen MR) is 47.1 cm³/mol. The summed E-state index contributed by atoms with van der Waals surface area (Å²) in [5.74, 6) is 0.255. The van der Waals surface area contributed by atoms with E-state index in [1.54, 1.807) is 6.92 Å². The maximum Gasteiger partial charge on any atom is 0.266 e. The first kappa shape index (κ1) is 13.4. The Balaban J connectivity index is 0. The predicted octanol–water partition coefficient (Wildman–Crippen LogP) is 3.54. The molecule has 0 aromatic rings. The maximum atomic E-state index is 9.81. The Morgan fingerprint density at radius 1 is 1.30 bits per heavy atom. The first-order chi connectivity index (χ1) is 4.27.